The molecule has 3 aromatic rings. The molecule has 0 bridgehead atoms. The number of halogens is 1. The predicted molar refractivity (Wildman–Crippen MR) is 123 cm³/mol. The molecule has 0 fully saturated rings. The van der Waals surface area contributed by atoms with Crippen LogP contribution in [0, 0.1) is 0 Å². The predicted octanol–water partition coefficient (Wildman–Crippen LogP) is 5.67. The normalized spacial score (nSPS) is 10.3. The SMILES string of the molecule is CCCOc1ccc(C(=O)Nc2cccc(NC(=O)Cc3ccccc3)c2)cc1Br. The van der Waals surface area contributed by atoms with Crippen molar-refractivity contribution in [3.8, 4) is 5.75 Å². The van der Waals surface area contributed by atoms with Gasteiger partial charge in [-0.3, -0.25) is 9.59 Å². The fraction of sp³-hybridized carbons (Fsp3) is 0.167. The van der Waals surface area contributed by atoms with Crippen LogP contribution in [0.3, 0.4) is 0 Å². The summed E-state index contributed by atoms with van der Waals surface area (Å²) in [6.07, 6.45) is 1.20. The summed E-state index contributed by atoms with van der Waals surface area (Å²) in [5.74, 6) is 0.346. The lowest BCUT2D eigenvalue weighted by molar-refractivity contribution is -0.115. The Kier molecular flexibility index (Phi) is 7.63. The molecule has 0 saturated carbocycles. The van der Waals surface area contributed by atoms with Gasteiger partial charge in [-0.25, -0.2) is 0 Å². The van der Waals surface area contributed by atoms with Crippen LogP contribution in [0.25, 0.3) is 0 Å². The minimum atomic E-state index is -0.245. The lowest BCUT2D eigenvalue weighted by Crippen LogP contribution is -2.15. The molecule has 0 atom stereocenters. The van der Waals surface area contributed by atoms with Crippen molar-refractivity contribution in [3.63, 3.8) is 0 Å². The van der Waals surface area contributed by atoms with Crippen LogP contribution >= 0.6 is 15.9 Å². The third-order valence-corrected chi connectivity index (χ3v) is 4.89. The van der Waals surface area contributed by atoms with Crippen LogP contribution in [0.1, 0.15) is 29.3 Å². The van der Waals surface area contributed by atoms with Gasteiger partial charge < -0.3 is 15.4 Å². The molecule has 0 aliphatic carbocycles. The van der Waals surface area contributed by atoms with Gasteiger partial charge in [0.1, 0.15) is 5.75 Å². The van der Waals surface area contributed by atoms with E-state index in [0.717, 1.165) is 16.5 Å². The van der Waals surface area contributed by atoms with Gasteiger partial charge in [0.05, 0.1) is 17.5 Å². The second-order valence-electron chi connectivity index (χ2n) is 6.74. The standard InChI is InChI=1S/C24H23BrN2O3/c1-2-13-30-22-12-11-18(15-21(22)25)24(29)27-20-10-6-9-19(16-20)26-23(28)14-17-7-4-3-5-8-17/h3-12,15-16H,2,13-14H2,1H3,(H,26,28)(H,27,29). The van der Waals surface area contributed by atoms with Gasteiger partial charge in [0.2, 0.25) is 5.91 Å². The molecule has 0 spiro atoms. The summed E-state index contributed by atoms with van der Waals surface area (Å²) in [5.41, 5.74) is 2.67. The number of benzene rings is 3. The van der Waals surface area contributed by atoms with Crippen molar-refractivity contribution >= 4 is 39.1 Å². The molecule has 154 valence electrons. The van der Waals surface area contributed by atoms with Gasteiger partial charge >= 0.3 is 0 Å². The molecular formula is C24H23BrN2O3. The van der Waals surface area contributed by atoms with Crippen LogP contribution in [0.4, 0.5) is 11.4 Å². The summed E-state index contributed by atoms with van der Waals surface area (Å²) < 4.78 is 6.34. The van der Waals surface area contributed by atoms with E-state index in [9.17, 15) is 9.59 Å². The zero-order valence-electron chi connectivity index (χ0n) is 16.7. The first-order valence-electron chi connectivity index (χ1n) is 9.72. The van der Waals surface area contributed by atoms with Crippen molar-refractivity contribution in [2.24, 2.45) is 0 Å². The summed E-state index contributed by atoms with van der Waals surface area (Å²) in [7, 11) is 0. The van der Waals surface area contributed by atoms with Crippen molar-refractivity contribution < 1.29 is 14.3 Å². The fourth-order valence-corrected chi connectivity index (χ4v) is 3.33. The maximum atomic E-state index is 12.6. The Morgan fingerprint density at radius 2 is 1.63 bits per heavy atom. The lowest BCUT2D eigenvalue weighted by Gasteiger charge is -2.11. The van der Waals surface area contributed by atoms with Crippen molar-refractivity contribution in [1.82, 2.24) is 0 Å². The Morgan fingerprint density at radius 3 is 2.33 bits per heavy atom. The zero-order chi connectivity index (χ0) is 21.3. The lowest BCUT2D eigenvalue weighted by atomic mass is 10.1. The van der Waals surface area contributed by atoms with Crippen LogP contribution < -0.4 is 15.4 Å². The summed E-state index contributed by atoms with van der Waals surface area (Å²) in [6.45, 7) is 2.65. The third-order valence-electron chi connectivity index (χ3n) is 4.27. The molecule has 0 saturated heterocycles. The van der Waals surface area contributed by atoms with Gasteiger partial charge in [-0.15, -0.1) is 0 Å². The van der Waals surface area contributed by atoms with E-state index >= 15 is 0 Å². The number of amides is 2. The van der Waals surface area contributed by atoms with E-state index < -0.39 is 0 Å². The molecule has 0 unspecified atom stereocenters. The number of carbonyl (C=O) groups is 2. The Hall–Kier alpha value is -3.12. The number of nitrogens with one attached hydrogen (secondary N) is 2. The summed E-state index contributed by atoms with van der Waals surface area (Å²) in [4.78, 5) is 24.9. The minimum absolute atomic E-state index is 0.115. The highest BCUT2D eigenvalue weighted by Gasteiger charge is 2.11. The van der Waals surface area contributed by atoms with E-state index in [1.54, 1.807) is 42.5 Å². The maximum Gasteiger partial charge on any atom is 0.255 e. The summed E-state index contributed by atoms with van der Waals surface area (Å²) >= 11 is 3.44. The number of anilines is 2. The van der Waals surface area contributed by atoms with Crippen molar-refractivity contribution in [2.75, 3.05) is 17.2 Å². The van der Waals surface area contributed by atoms with Crippen LogP contribution in [-0.4, -0.2) is 18.4 Å². The largest absolute Gasteiger partial charge is 0.492 e. The van der Waals surface area contributed by atoms with Gasteiger partial charge in [0, 0.05) is 16.9 Å². The van der Waals surface area contributed by atoms with E-state index in [1.165, 1.54) is 0 Å². The monoisotopic (exact) mass is 466 g/mol. The number of rotatable bonds is 8. The smallest absolute Gasteiger partial charge is 0.255 e. The molecule has 3 aromatic carbocycles. The quantitative estimate of drug-likeness (QED) is 0.449. The number of hydrogen-bond donors (Lipinski definition) is 2. The molecule has 0 aromatic heterocycles. The van der Waals surface area contributed by atoms with E-state index in [2.05, 4.69) is 26.6 Å². The molecule has 2 N–H and O–H groups in total. The Labute approximate surface area is 184 Å². The summed E-state index contributed by atoms with van der Waals surface area (Å²) in [5, 5.41) is 5.73. The second-order valence-corrected chi connectivity index (χ2v) is 7.59. The Bertz CT molecular complexity index is 1020. The number of carbonyl (C=O) groups excluding carboxylic acids is 2. The number of ether oxygens (including phenoxy) is 1. The topological polar surface area (TPSA) is 67.4 Å². The fourth-order valence-electron chi connectivity index (χ4n) is 2.84. The summed E-state index contributed by atoms with van der Waals surface area (Å²) in [6, 6.07) is 21.8. The van der Waals surface area contributed by atoms with Crippen molar-refractivity contribution in [2.45, 2.75) is 19.8 Å². The molecule has 0 aliphatic heterocycles. The van der Waals surface area contributed by atoms with Crippen LogP contribution in [-0.2, 0) is 11.2 Å². The minimum Gasteiger partial charge on any atom is -0.492 e. The molecule has 0 radical (unpaired) electrons. The highest BCUT2D eigenvalue weighted by atomic mass is 79.9. The molecule has 30 heavy (non-hydrogen) atoms. The van der Waals surface area contributed by atoms with E-state index in [4.69, 9.17) is 4.74 Å². The van der Waals surface area contributed by atoms with Crippen LogP contribution in [0.5, 0.6) is 5.75 Å². The second kappa shape index (κ2) is 10.6. The van der Waals surface area contributed by atoms with E-state index in [0.29, 0.717) is 29.3 Å². The Balaban J connectivity index is 1.62. The van der Waals surface area contributed by atoms with Gasteiger partial charge in [-0.1, -0.05) is 43.3 Å². The zero-order valence-corrected chi connectivity index (χ0v) is 18.2. The van der Waals surface area contributed by atoms with Crippen LogP contribution in [0.15, 0.2) is 77.3 Å². The maximum absolute atomic E-state index is 12.6. The van der Waals surface area contributed by atoms with E-state index in [-0.39, 0.29) is 18.2 Å². The first-order chi connectivity index (χ1) is 14.5. The third kappa shape index (κ3) is 6.19. The van der Waals surface area contributed by atoms with Crippen molar-refractivity contribution in [3.05, 3.63) is 88.4 Å². The molecule has 6 heteroatoms. The van der Waals surface area contributed by atoms with Crippen molar-refractivity contribution in [1.29, 1.82) is 0 Å². The first kappa shape index (κ1) is 21.6. The average molecular weight is 467 g/mol. The van der Waals surface area contributed by atoms with Crippen LogP contribution in [0.2, 0.25) is 0 Å². The first-order valence-corrected chi connectivity index (χ1v) is 10.5. The molecule has 0 heterocycles. The van der Waals surface area contributed by atoms with Gasteiger partial charge in [0.15, 0.2) is 0 Å². The van der Waals surface area contributed by atoms with Gasteiger partial charge in [-0.05, 0) is 64.3 Å². The molecular weight excluding hydrogens is 444 g/mol. The van der Waals surface area contributed by atoms with Gasteiger partial charge in [-0.2, -0.15) is 0 Å². The molecule has 3 rings (SSSR count). The molecule has 0 aliphatic rings. The molecule has 5 nitrogen and oxygen atoms in total. The Morgan fingerprint density at radius 1 is 0.900 bits per heavy atom. The number of hydrogen-bond acceptors (Lipinski definition) is 3. The average Bonchev–Trinajstić information content (AvgIpc) is 2.73. The molecule has 2 amide bonds. The highest BCUT2D eigenvalue weighted by Crippen LogP contribution is 2.27. The van der Waals surface area contributed by atoms with Gasteiger partial charge in [0.25, 0.3) is 5.91 Å². The highest BCUT2D eigenvalue weighted by molar-refractivity contribution is 9.10. The van der Waals surface area contributed by atoms with E-state index in [1.807, 2.05) is 37.3 Å².